The van der Waals surface area contributed by atoms with Crippen LogP contribution in [-0.4, -0.2) is 122 Å². The van der Waals surface area contributed by atoms with E-state index in [1.54, 1.807) is 7.11 Å². The zero-order valence-corrected chi connectivity index (χ0v) is 19.3. The first-order chi connectivity index (χ1) is 15.9. The minimum Gasteiger partial charge on any atom is -0.490 e. The Hall–Kier alpha value is -1.62. The standard InChI is InChI=1S/C23H38N2O7/c1-26-23-21-3-2-4-22(23)32-16-10-25-7-13-29-19-17-27-11-5-24(9-15-31-21)6-12-28-18-20-30-14-8-25/h2-4H,5-20H2,1H3. The van der Waals surface area contributed by atoms with Crippen LogP contribution in [0.1, 0.15) is 0 Å². The zero-order valence-electron chi connectivity index (χ0n) is 19.3. The molecule has 9 nitrogen and oxygen atoms in total. The summed E-state index contributed by atoms with van der Waals surface area (Å²) in [6, 6.07) is 5.75. The lowest BCUT2D eigenvalue weighted by atomic mass is 10.3. The van der Waals surface area contributed by atoms with Crippen molar-refractivity contribution in [3.8, 4) is 17.2 Å². The van der Waals surface area contributed by atoms with Crippen molar-refractivity contribution in [3.63, 3.8) is 0 Å². The number of methoxy groups -OCH3 is 1. The van der Waals surface area contributed by atoms with Gasteiger partial charge in [-0.15, -0.1) is 0 Å². The van der Waals surface area contributed by atoms with Gasteiger partial charge in [-0.2, -0.15) is 0 Å². The third-order valence-electron chi connectivity index (χ3n) is 5.43. The van der Waals surface area contributed by atoms with E-state index in [4.69, 9.17) is 33.2 Å². The number of hydrogen-bond donors (Lipinski definition) is 0. The molecular weight excluding hydrogens is 416 g/mol. The van der Waals surface area contributed by atoms with E-state index >= 15 is 0 Å². The first-order valence-electron chi connectivity index (χ1n) is 11.5. The van der Waals surface area contributed by atoms with Gasteiger partial charge in [0.1, 0.15) is 13.2 Å². The molecule has 0 radical (unpaired) electrons. The van der Waals surface area contributed by atoms with Crippen molar-refractivity contribution < 1.29 is 33.2 Å². The summed E-state index contributed by atoms with van der Waals surface area (Å²) in [6.07, 6.45) is 0. The Bertz CT molecular complexity index is 566. The number of nitrogens with zero attached hydrogens (tertiary/aromatic N) is 2. The van der Waals surface area contributed by atoms with Crippen molar-refractivity contribution in [2.45, 2.75) is 0 Å². The number of benzene rings is 1. The summed E-state index contributed by atoms with van der Waals surface area (Å²) in [5.41, 5.74) is 0. The van der Waals surface area contributed by atoms with Gasteiger partial charge in [0.2, 0.25) is 5.75 Å². The second-order valence-corrected chi connectivity index (χ2v) is 7.62. The van der Waals surface area contributed by atoms with E-state index in [-0.39, 0.29) is 0 Å². The average Bonchev–Trinajstić information content (AvgIpc) is 2.80. The molecule has 0 spiro atoms. The molecule has 0 aliphatic carbocycles. The molecule has 9 heteroatoms. The van der Waals surface area contributed by atoms with Crippen molar-refractivity contribution in [1.82, 2.24) is 9.80 Å². The van der Waals surface area contributed by atoms with Crippen LogP contribution >= 0.6 is 0 Å². The summed E-state index contributed by atoms with van der Waals surface area (Å²) in [4.78, 5) is 4.56. The molecule has 1 aromatic carbocycles. The van der Waals surface area contributed by atoms with Gasteiger partial charge in [-0.1, -0.05) is 6.07 Å². The van der Waals surface area contributed by atoms with Crippen LogP contribution in [0.2, 0.25) is 0 Å². The molecule has 1 saturated heterocycles. The van der Waals surface area contributed by atoms with Crippen molar-refractivity contribution in [1.29, 1.82) is 0 Å². The Morgan fingerprint density at radius 3 is 1.31 bits per heavy atom. The SMILES string of the molecule is COc1c2cccc1OCCN1CCOCCOCCN(CCOCCOCC1)CCO2. The molecule has 1 aromatic rings. The maximum absolute atomic E-state index is 6.07. The van der Waals surface area contributed by atoms with E-state index in [1.807, 2.05) is 18.2 Å². The minimum absolute atomic E-state index is 0.528. The van der Waals surface area contributed by atoms with E-state index in [1.165, 1.54) is 0 Å². The lowest BCUT2D eigenvalue weighted by Gasteiger charge is -2.23. The summed E-state index contributed by atoms with van der Waals surface area (Å²) < 4.78 is 40.8. The molecule has 3 aliphatic rings. The van der Waals surface area contributed by atoms with Crippen molar-refractivity contribution in [2.75, 3.05) is 112 Å². The van der Waals surface area contributed by atoms with Crippen molar-refractivity contribution >= 4 is 0 Å². The maximum atomic E-state index is 6.07. The van der Waals surface area contributed by atoms with Crippen LogP contribution < -0.4 is 14.2 Å². The first-order valence-corrected chi connectivity index (χ1v) is 11.5. The summed E-state index contributed by atoms with van der Waals surface area (Å²) in [6.45, 7) is 10.7. The molecule has 3 aliphatic heterocycles. The van der Waals surface area contributed by atoms with Gasteiger partial charge in [-0.25, -0.2) is 0 Å². The second-order valence-electron chi connectivity index (χ2n) is 7.62. The predicted octanol–water partition coefficient (Wildman–Crippen LogP) is 1.15. The van der Waals surface area contributed by atoms with Gasteiger partial charge < -0.3 is 33.2 Å². The van der Waals surface area contributed by atoms with Gasteiger partial charge >= 0.3 is 0 Å². The molecule has 0 unspecified atom stereocenters. The fourth-order valence-corrected chi connectivity index (χ4v) is 3.58. The summed E-state index contributed by atoms with van der Waals surface area (Å²) in [5, 5.41) is 0. The highest BCUT2D eigenvalue weighted by Crippen LogP contribution is 2.36. The van der Waals surface area contributed by atoms with Gasteiger partial charge in [-0.3, -0.25) is 9.80 Å². The van der Waals surface area contributed by atoms with Crippen molar-refractivity contribution in [2.24, 2.45) is 0 Å². The quantitative estimate of drug-likeness (QED) is 0.621. The molecule has 32 heavy (non-hydrogen) atoms. The van der Waals surface area contributed by atoms with Gasteiger partial charge in [0.25, 0.3) is 0 Å². The van der Waals surface area contributed by atoms with Crippen LogP contribution in [0.25, 0.3) is 0 Å². The third-order valence-corrected chi connectivity index (χ3v) is 5.43. The highest BCUT2D eigenvalue weighted by molar-refractivity contribution is 5.51. The lowest BCUT2D eigenvalue weighted by molar-refractivity contribution is 0.00588. The number of hydrogen-bond acceptors (Lipinski definition) is 9. The Morgan fingerprint density at radius 1 is 0.562 bits per heavy atom. The summed E-state index contributed by atoms with van der Waals surface area (Å²) in [7, 11) is 1.64. The largest absolute Gasteiger partial charge is 0.490 e. The molecular formula is C23H38N2O7. The molecule has 0 aromatic heterocycles. The normalized spacial score (nSPS) is 25.5. The molecule has 0 saturated carbocycles. The lowest BCUT2D eigenvalue weighted by Crippen LogP contribution is -2.36. The molecule has 182 valence electrons. The molecule has 4 bridgehead atoms. The van der Waals surface area contributed by atoms with Crippen LogP contribution in [0.5, 0.6) is 17.2 Å². The Kier molecular flexibility index (Phi) is 11.9. The maximum Gasteiger partial charge on any atom is 0.203 e. The second kappa shape index (κ2) is 15.3. The van der Waals surface area contributed by atoms with Gasteiger partial charge in [-0.05, 0) is 12.1 Å². The van der Waals surface area contributed by atoms with E-state index in [9.17, 15) is 0 Å². The minimum atomic E-state index is 0.528. The number of ether oxygens (including phenoxy) is 7. The van der Waals surface area contributed by atoms with Gasteiger partial charge in [0.15, 0.2) is 11.5 Å². The van der Waals surface area contributed by atoms with Gasteiger partial charge in [0, 0.05) is 39.3 Å². The summed E-state index contributed by atoms with van der Waals surface area (Å²) >= 11 is 0. The molecule has 3 heterocycles. The fraction of sp³-hybridized carbons (Fsp3) is 0.739. The van der Waals surface area contributed by atoms with E-state index in [2.05, 4.69) is 9.80 Å². The van der Waals surface area contributed by atoms with E-state index < -0.39 is 0 Å². The Labute approximate surface area is 191 Å². The Morgan fingerprint density at radius 2 is 0.938 bits per heavy atom. The monoisotopic (exact) mass is 454 g/mol. The topological polar surface area (TPSA) is 71.1 Å². The number of para-hydroxylation sites is 1. The highest BCUT2D eigenvalue weighted by atomic mass is 16.5. The molecule has 0 amide bonds. The van der Waals surface area contributed by atoms with Crippen LogP contribution in [0.3, 0.4) is 0 Å². The third kappa shape index (κ3) is 9.09. The number of fused-ring (bicyclic) bond motifs is 18. The predicted molar refractivity (Wildman–Crippen MR) is 120 cm³/mol. The fourth-order valence-electron chi connectivity index (χ4n) is 3.58. The molecule has 0 atom stereocenters. The van der Waals surface area contributed by atoms with Crippen LogP contribution in [-0.2, 0) is 18.9 Å². The smallest absolute Gasteiger partial charge is 0.203 e. The molecule has 1 fully saturated rings. The first kappa shape index (κ1) is 25.0. The highest BCUT2D eigenvalue weighted by Gasteiger charge is 2.14. The van der Waals surface area contributed by atoms with Crippen LogP contribution in [0.4, 0.5) is 0 Å². The van der Waals surface area contributed by atoms with E-state index in [0.717, 1.165) is 39.3 Å². The average molecular weight is 455 g/mol. The molecule has 4 rings (SSSR count). The number of rotatable bonds is 1. The van der Waals surface area contributed by atoms with E-state index in [0.29, 0.717) is 83.3 Å². The van der Waals surface area contributed by atoms with Crippen LogP contribution in [0, 0.1) is 0 Å². The van der Waals surface area contributed by atoms with Gasteiger partial charge in [0.05, 0.1) is 60.0 Å². The molecule has 0 N–H and O–H groups in total. The van der Waals surface area contributed by atoms with Crippen LogP contribution in [0.15, 0.2) is 18.2 Å². The summed E-state index contributed by atoms with van der Waals surface area (Å²) in [5.74, 6) is 2.00. The Balaban J connectivity index is 1.73. The zero-order chi connectivity index (χ0) is 22.3. The van der Waals surface area contributed by atoms with Crippen molar-refractivity contribution in [3.05, 3.63) is 18.2 Å².